The summed E-state index contributed by atoms with van der Waals surface area (Å²) in [5, 5.41) is 3.07. The Morgan fingerprint density at radius 2 is 1.85 bits per heavy atom. The summed E-state index contributed by atoms with van der Waals surface area (Å²) in [5.41, 5.74) is 7.57. The van der Waals surface area contributed by atoms with Crippen LogP contribution in [0.25, 0.3) is 0 Å². The number of nitrogens with one attached hydrogen (secondary N) is 1. The lowest BCUT2D eigenvalue weighted by molar-refractivity contribution is 0.171. The number of hydrogen-bond donors (Lipinski definition) is 2. The summed E-state index contributed by atoms with van der Waals surface area (Å²) in [6, 6.07) is 8.30. The van der Waals surface area contributed by atoms with Crippen molar-refractivity contribution in [3.05, 3.63) is 40.6 Å². The van der Waals surface area contributed by atoms with Crippen molar-refractivity contribution in [3.8, 4) is 11.5 Å². The molecule has 20 heavy (non-hydrogen) atoms. The zero-order valence-corrected chi connectivity index (χ0v) is 12.0. The summed E-state index contributed by atoms with van der Waals surface area (Å²) in [7, 11) is 0. The van der Waals surface area contributed by atoms with Crippen LogP contribution in [-0.4, -0.2) is 13.2 Å². The average molecular weight is 339 g/mol. The zero-order valence-electron chi connectivity index (χ0n) is 10.5. The maximum atomic E-state index is 13.5. The highest BCUT2D eigenvalue weighted by atomic mass is 79.9. The van der Waals surface area contributed by atoms with E-state index in [0.717, 1.165) is 5.69 Å². The molecule has 1 heterocycles. The molecule has 1 aliphatic rings. The van der Waals surface area contributed by atoms with Crippen LogP contribution in [0.3, 0.4) is 0 Å². The molecule has 4 nitrogen and oxygen atoms in total. The highest BCUT2D eigenvalue weighted by molar-refractivity contribution is 9.10. The molecule has 0 fully saturated rings. The first-order chi connectivity index (χ1) is 9.63. The normalized spacial score (nSPS) is 13.1. The minimum Gasteiger partial charge on any atom is -0.486 e. The smallest absolute Gasteiger partial charge is 0.163 e. The van der Waals surface area contributed by atoms with Gasteiger partial charge in [-0.3, -0.25) is 0 Å². The van der Waals surface area contributed by atoms with E-state index in [9.17, 15) is 4.39 Å². The minimum atomic E-state index is -0.376. The van der Waals surface area contributed by atoms with Gasteiger partial charge in [-0.2, -0.15) is 0 Å². The molecular formula is C14H12BrFN2O2. The molecule has 2 aromatic carbocycles. The van der Waals surface area contributed by atoms with Gasteiger partial charge in [0, 0.05) is 17.8 Å². The van der Waals surface area contributed by atoms with E-state index in [-0.39, 0.29) is 5.82 Å². The highest BCUT2D eigenvalue weighted by Gasteiger charge is 2.12. The van der Waals surface area contributed by atoms with E-state index in [0.29, 0.717) is 40.6 Å². The molecule has 3 N–H and O–H groups in total. The van der Waals surface area contributed by atoms with Crippen molar-refractivity contribution in [3.63, 3.8) is 0 Å². The number of ether oxygens (including phenoxy) is 2. The summed E-state index contributed by atoms with van der Waals surface area (Å²) >= 11 is 3.10. The summed E-state index contributed by atoms with van der Waals surface area (Å²) in [6.07, 6.45) is 0. The second kappa shape index (κ2) is 5.20. The lowest BCUT2D eigenvalue weighted by Gasteiger charge is -2.19. The third-order valence-electron chi connectivity index (χ3n) is 2.91. The van der Waals surface area contributed by atoms with Crippen molar-refractivity contribution < 1.29 is 13.9 Å². The molecule has 0 amide bonds. The Balaban J connectivity index is 1.89. The second-order valence-electron chi connectivity index (χ2n) is 4.34. The fourth-order valence-electron chi connectivity index (χ4n) is 1.95. The van der Waals surface area contributed by atoms with Gasteiger partial charge in [0.25, 0.3) is 0 Å². The first-order valence-electron chi connectivity index (χ1n) is 6.04. The molecule has 104 valence electrons. The number of halogens is 2. The van der Waals surface area contributed by atoms with Crippen LogP contribution in [0.4, 0.5) is 21.5 Å². The van der Waals surface area contributed by atoms with E-state index in [1.54, 1.807) is 6.07 Å². The monoisotopic (exact) mass is 338 g/mol. The quantitative estimate of drug-likeness (QED) is 0.820. The summed E-state index contributed by atoms with van der Waals surface area (Å²) in [6.45, 7) is 1.07. The molecule has 0 spiro atoms. The molecule has 0 bridgehead atoms. The molecule has 3 rings (SSSR count). The summed E-state index contributed by atoms with van der Waals surface area (Å²) in [4.78, 5) is 0. The maximum Gasteiger partial charge on any atom is 0.163 e. The molecule has 0 aliphatic carbocycles. The predicted octanol–water partition coefficient (Wildman–Crippen LogP) is 3.69. The van der Waals surface area contributed by atoms with Crippen molar-refractivity contribution in [2.24, 2.45) is 0 Å². The largest absolute Gasteiger partial charge is 0.486 e. The van der Waals surface area contributed by atoms with Crippen LogP contribution in [0.2, 0.25) is 0 Å². The van der Waals surface area contributed by atoms with Crippen LogP contribution in [-0.2, 0) is 0 Å². The van der Waals surface area contributed by atoms with Gasteiger partial charge in [0.15, 0.2) is 11.5 Å². The number of benzene rings is 2. The van der Waals surface area contributed by atoms with Crippen LogP contribution in [0, 0.1) is 5.82 Å². The van der Waals surface area contributed by atoms with Gasteiger partial charge in [-0.25, -0.2) is 4.39 Å². The van der Waals surface area contributed by atoms with Crippen LogP contribution in [0.15, 0.2) is 34.8 Å². The van der Waals surface area contributed by atoms with Gasteiger partial charge in [0.2, 0.25) is 0 Å². The lowest BCUT2D eigenvalue weighted by atomic mass is 10.2. The molecule has 1 aliphatic heterocycles. The number of anilines is 3. The number of nitrogen functional groups attached to an aromatic ring is 1. The van der Waals surface area contributed by atoms with E-state index in [1.165, 1.54) is 12.1 Å². The Bertz CT molecular complexity index is 664. The third-order valence-corrected chi connectivity index (χ3v) is 3.52. The van der Waals surface area contributed by atoms with Crippen LogP contribution in [0.1, 0.15) is 0 Å². The predicted molar refractivity (Wildman–Crippen MR) is 79.2 cm³/mol. The maximum absolute atomic E-state index is 13.5. The van der Waals surface area contributed by atoms with E-state index in [1.807, 2.05) is 12.1 Å². The molecule has 0 saturated carbocycles. The van der Waals surface area contributed by atoms with E-state index >= 15 is 0 Å². The van der Waals surface area contributed by atoms with Crippen LogP contribution in [0.5, 0.6) is 11.5 Å². The first-order valence-corrected chi connectivity index (χ1v) is 6.84. The number of rotatable bonds is 2. The van der Waals surface area contributed by atoms with Crippen molar-refractivity contribution in [2.75, 3.05) is 24.3 Å². The van der Waals surface area contributed by atoms with Gasteiger partial charge in [-0.05, 0) is 34.1 Å². The number of fused-ring (bicyclic) bond motifs is 1. The fourth-order valence-corrected chi connectivity index (χ4v) is 2.31. The minimum absolute atomic E-state index is 0.336. The van der Waals surface area contributed by atoms with Crippen molar-refractivity contribution in [1.82, 2.24) is 0 Å². The Kier molecular flexibility index (Phi) is 3.40. The molecule has 0 aromatic heterocycles. The summed E-state index contributed by atoms with van der Waals surface area (Å²) < 4.78 is 24.8. The lowest BCUT2D eigenvalue weighted by Crippen LogP contribution is -2.15. The molecule has 0 atom stereocenters. The zero-order chi connectivity index (χ0) is 14.1. The van der Waals surface area contributed by atoms with E-state index in [2.05, 4.69) is 21.2 Å². The van der Waals surface area contributed by atoms with Gasteiger partial charge in [0.05, 0.1) is 15.8 Å². The highest BCUT2D eigenvalue weighted by Crippen LogP contribution is 2.35. The SMILES string of the molecule is Nc1cc(Br)c(F)cc1Nc1ccc2c(c1)OCCO2. The molecule has 0 saturated heterocycles. The Morgan fingerprint density at radius 1 is 1.10 bits per heavy atom. The van der Waals surface area contributed by atoms with Gasteiger partial charge in [0.1, 0.15) is 19.0 Å². The van der Waals surface area contributed by atoms with Gasteiger partial charge >= 0.3 is 0 Å². The van der Waals surface area contributed by atoms with Crippen LogP contribution >= 0.6 is 15.9 Å². The topological polar surface area (TPSA) is 56.5 Å². The number of hydrogen-bond acceptors (Lipinski definition) is 4. The fraction of sp³-hybridized carbons (Fsp3) is 0.143. The molecule has 2 aromatic rings. The van der Waals surface area contributed by atoms with Gasteiger partial charge in [-0.1, -0.05) is 0 Å². The second-order valence-corrected chi connectivity index (χ2v) is 5.19. The molecule has 0 unspecified atom stereocenters. The van der Waals surface area contributed by atoms with Crippen molar-refractivity contribution in [2.45, 2.75) is 0 Å². The standard InChI is InChI=1S/C14H12BrFN2O2/c15-9-6-11(17)12(7-10(9)16)18-8-1-2-13-14(5-8)20-4-3-19-13/h1-2,5-7,18H,3-4,17H2. The Labute approximate surface area is 123 Å². The van der Waals surface area contributed by atoms with E-state index in [4.69, 9.17) is 15.2 Å². The Morgan fingerprint density at radius 3 is 2.65 bits per heavy atom. The van der Waals surface area contributed by atoms with Crippen LogP contribution < -0.4 is 20.5 Å². The average Bonchev–Trinajstić information content (AvgIpc) is 2.44. The number of nitrogens with two attached hydrogens (primary N) is 1. The molecule has 0 radical (unpaired) electrons. The summed E-state index contributed by atoms with van der Waals surface area (Å²) in [5.74, 6) is 0.994. The van der Waals surface area contributed by atoms with E-state index < -0.39 is 0 Å². The van der Waals surface area contributed by atoms with Gasteiger partial charge in [-0.15, -0.1) is 0 Å². The Hall–Kier alpha value is -1.95. The van der Waals surface area contributed by atoms with Gasteiger partial charge < -0.3 is 20.5 Å². The van der Waals surface area contributed by atoms with Crippen molar-refractivity contribution in [1.29, 1.82) is 0 Å². The first kappa shape index (κ1) is 13.1. The molecular weight excluding hydrogens is 327 g/mol. The molecule has 6 heteroatoms. The van der Waals surface area contributed by atoms with Crippen molar-refractivity contribution >= 4 is 33.0 Å². The third kappa shape index (κ3) is 2.51.